The number of rotatable bonds is 6. The van der Waals surface area contributed by atoms with Gasteiger partial charge in [0.15, 0.2) is 0 Å². The SMILES string of the molecule is Cc1cncnc1NS(=O)(=O)c1ccc(N2CCN(C(=O)[C@@H](C)N3CCCc4cc(Cl)ccc43)CC2)cc1.N.[HH].[HH]. The summed E-state index contributed by atoms with van der Waals surface area (Å²) in [6, 6.07) is 12.4. The number of halogens is 1. The average molecular weight is 576 g/mol. The van der Waals surface area contributed by atoms with Gasteiger partial charge in [0.2, 0.25) is 5.91 Å². The topological polar surface area (TPSA) is 134 Å². The van der Waals surface area contributed by atoms with Crippen LogP contribution in [0.3, 0.4) is 0 Å². The standard InChI is InChI=1S/C27H31ClN6O3S.H3N.2H2/c1-19-17-29-18-30-26(19)31-38(36,37)24-8-6-23(7-9-24)32-12-14-33(15-13-32)27(35)20(2)34-11-3-4-21-16-22(28)5-10-25(21)34;;;/h5-10,16-18,20H,3-4,11-15H2,1-2H3,(H,29,30,31);1H3;2*1H/t20-;;;/m1.../s1. The first-order valence-electron chi connectivity index (χ1n) is 12.7. The number of nitrogens with one attached hydrogen (secondary N) is 1. The minimum atomic E-state index is -3.77. The lowest BCUT2D eigenvalue weighted by Gasteiger charge is -2.41. The number of amides is 1. The lowest BCUT2D eigenvalue weighted by atomic mass is 10.00. The lowest BCUT2D eigenvalue weighted by Crippen LogP contribution is -2.55. The van der Waals surface area contributed by atoms with E-state index in [1.807, 2.05) is 30.0 Å². The van der Waals surface area contributed by atoms with Gasteiger partial charge in [0.25, 0.3) is 10.0 Å². The van der Waals surface area contributed by atoms with Gasteiger partial charge in [-0.05, 0) is 74.7 Å². The number of nitrogens with zero attached hydrogens (tertiary/aromatic N) is 5. The van der Waals surface area contributed by atoms with Crippen molar-refractivity contribution >= 4 is 44.7 Å². The molecule has 0 unspecified atom stereocenters. The molecule has 0 radical (unpaired) electrons. The number of carbonyl (C=O) groups is 1. The molecule has 1 aromatic heterocycles. The van der Waals surface area contributed by atoms with Gasteiger partial charge in [-0.1, -0.05) is 11.6 Å². The summed E-state index contributed by atoms with van der Waals surface area (Å²) in [6.07, 6.45) is 4.84. The Morgan fingerprint density at radius 2 is 1.79 bits per heavy atom. The summed E-state index contributed by atoms with van der Waals surface area (Å²) < 4.78 is 28.1. The van der Waals surface area contributed by atoms with E-state index in [0.29, 0.717) is 31.7 Å². The summed E-state index contributed by atoms with van der Waals surface area (Å²) >= 11 is 6.19. The molecule has 212 valence electrons. The Morgan fingerprint density at radius 1 is 1.08 bits per heavy atom. The van der Waals surface area contributed by atoms with Gasteiger partial charge < -0.3 is 20.9 Å². The first kappa shape index (κ1) is 28.6. The van der Waals surface area contributed by atoms with Gasteiger partial charge in [-0.2, -0.15) is 0 Å². The Hall–Kier alpha value is -3.41. The summed E-state index contributed by atoms with van der Waals surface area (Å²) in [5, 5.41) is 0.725. The van der Waals surface area contributed by atoms with Crippen molar-refractivity contribution < 1.29 is 16.1 Å². The van der Waals surface area contributed by atoms with E-state index in [2.05, 4.69) is 24.5 Å². The molecule has 3 heterocycles. The molecule has 2 aromatic carbocycles. The molecule has 2 aliphatic heterocycles. The summed E-state index contributed by atoms with van der Waals surface area (Å²) in [4.78, 5) is 27.8. The third kappa shape index (κ3) is 6.10. The Balaban J connectivity index is 0.00000196. The van der Waals surface area contributed by atoms with E-state index in [1.165, 1.54) is 11.9 Å². The van der Waals surface area contributed by atoms with Gasteiger partial charge in [-0.3, -0.25) is 9.52 Å². The second-order valence-corrected chi connectivity index (χ2v) is 11.8. The molecule has 0 aliphatic carbocycles. The van der Waals surface area contributed by atoms with E-state index in [1.54, 1.807) is 37.4 Å². The number of carbonyl (C=O) groups excluding carboxylic acids is 1. The van der Waals surface area contributed by atoms with E-state index >= 15 is 0 Å². The number of hydrogen-bond acceptors (Lipinski definition) is 8. The molecule has 12 heteroatoms. The zero-order chi connectivity index (χ0) is 26.9. The van der Waals surface area contributed by atoms with Crippen LogP contribution < -0.4 is 20.7 Å². The third-order valence-electron chi connectivity index (χ3n) is 7.25. The smallest absolute Gasteiger partial charge is 0.263 e. The van der Waals surface area contributed by atoms with Gasteiger partial charge in [-0.15, -0.1) is 0 Å². The van der Waals surface area contributed by atoms with Crippen molar-refractivity contribution in [1.82, 2.24) is 21.0 Å². The van der Waals surface area contributed by atoms with Crippen LogP contribution in [0.1, 0.15) is 27.3 Å². The number of piperazine rings is 1. The second-order valence-electron chi connectivity index (χ2n) is 9.71. The van der Waals surface area contributed by atoms with Crippen LogP contribution in [0.25, 0.3) is 0 Å². The number of fused-ring (bicyclic) bond motifs is 1. The molecular formula is C27H38ClN7O3S. The molecule has 1 saturated heterocycles. The fourth-order valence-corrected chi connectivity index (χ4v) is 6.38. The molecule has 10 nitrogen and oxygen atoms in total. The highest BCUT2D eigenvalue weighted by Crippen LogP contribution is 2.31. The Kier molecular flexibility index (Phi) is 8.63. The molecule has 39 heavy (non-hydrogen) atoms. The molecular weight excluding hydrogens is 538 g/mol. The van der Waals surface area contributed by atoms with E-state index < -0.39 is 10.0 Å². The van der Waals surface area contributed by atoms with Crippen molar-refractivity contribution in [1.29, 1.82) is 0 Å². The Labute approximate surface area is 237 Å². The first-order valence-corrected chi connectivity index (χ1v) is 14.6. The van der Waals surface area contributed by atoms with Crippen LogP contribution in [-0.2, 0) is 21.2 Å². The first-order chi connectivity index (χ1) is 18.2. The van der Waals surface area contributed by atoms with Gasteiger partial charge in [0.1, 0.15) is 18.2 Å². The third-order valence-corrected chi connectivity index (χ3v) is 8.84. The van der Waals surface area contributed by atoms with Crippen LogP contribution in [0.4, 0.5) is 17.2 Å². The Bertz CT molecular complexity index is 1440. The number of sulfonamides is 1. The number of aromatic nitrogens is 2. The zero-order valence-electron chi connectivity index (χ0n) is 22.2. The van der Waals surface area contributed by atoms with Gasteiger partial charge in [-0.25, -0.2) is 18.4 Å². The zero-order valence-corrected chi connectivity index (χ0v) is 23.7. The lowest BCUT2D eigenvalue weighted by molar-refractivity contribution is -0.132. The fraction of sp³-hybridized carbons (Fsp3) is 0.370. The van der Waals surface area contributed by atoms with Crippen molar-refractivity contribution in [3.05, 3.63) is 71.1 Å². The van der Waals surface area contributed by atoms with Crippen molar-refractivity contribution in [2.75, 3.05) is 47.2 Å². The maximum atomic E-state index is 13.4. The summed E-state index contributed by atoms with van der Waals surface area (Å²) in [6.45, 7) is 7.15. The Morgan fingerprint density at radius 3 is 2.49 bits per heavy atom. The van der Waals surface area contributed by atoms with E-state index in [-0.39, 0.29) is 31.7 Å². The second kappa shape index (κ2) is 11.8. The predicted molar refractivity (Wildman–Crippen MR) is 159 cm³/mol. The molecule has 1 amide bonds. The highest BCUT2D eigenvalue weighted by atomic mass is 35.5. The molecule has 0 spiro atoms. The largest absolute Gasteiger partial charge is 0.368 e. The van der Waals surface area contributed by atoms with Crippen LogP contribution in [0.2, 0.25) is 5.02 Å². The quantitative estimate of drug-likeness (QED) is 0.442. The fourth-order valence-electron chi connectivity index (χ4n) is 5.11. The molecule has 3 aromatic rings. The normalized spacial score (nSPS) is 16.2. The monoisotopic (exact) mass is 575 g/mol. The van der Waals surface area contributed by atoms with Crippen LogP contribution in [0.15, 0.2) is 59.9 Å². The van der Waals surface area contributed by atoms with Crippen LogP contribution in [0.5, 0.6) is 0 Å². The molecule has 4 N–H and O–H groups in total. The van der Waals surface area contributed by atoms with E-state index in [4.69, 9.17) is 11.6 Å². The molecule has 1 fully saturated rings. The number of benzene rings is 2. The minimum absolute atomic E-state index is 0. The minimum Gasteiger partial charge on any atom is -0.368 e. The highest BCUT2D eigenvalue weighted by Gasteiger charge is 2.31. The van der Waals surface area contributed by atoms with Crippen LogP contribution in [0, 0.1) is 6.92 Å². The van der Waals surface area contributed by atoms with Gasteiger partial charge in [0, 0.05) is 63.7 Å². The van der Waals surface area contributed by atoms with E-state index in [0.717, 1.165) is 35.8 Å². The number of aryl methyl sites for hydroxylation is 2. The number of anilines is 3. The van der Waals surface area contributed by atoms with Crippen molar-refractivity contribution in [3.63, 3.8) is 0 Å². The molecule has 1 atom stereocenters. The molecule has 2 aliphatic rings. The summed E-state index contributed by atoms with van der Waals surface area (Å²) in [5.41, 5.74) is 3.85. The van der Waals surface area contributed by atoms with Crippen LogP contribution >= 0.6 is 11.6 Å². The van der Waals surface area contributed by atoms with Crippen molar-refractivity contribution in [2.45, 2.75) is 37.6 Å². The average Bonchev–Trinajstić information content (AvgIpc) is 2.93. The number of hydrogen-bond donors (Lipinski definition) is 2. The van der Waals surface area contributed by atoms with Crippen molar-refractivity contribution in [3.8, 4) is 0 Å². The maximum Gasteiger partial charge on any atom is 0.263 e. The molecule has 5 rings (SSSR count). The van der Waals surface area contributed by atoms with Crippen LogP contribution in [-0.4, -0.2) is 68.0 Å². The summed E-state index contributed by atoms with van der Waals surface area (Å²) in [5.74, 6) is 0.385. The van der Waals surface area contributed by atoms with Gasteiger partial charge >= 0.3 is 0 Å². The molecule has 0 saturated carbocycles. The predicted octanol–water partition coefficient (Wildman–Crippen LogP) is 4.38. The summed E-state index contributed by atoms with van der Waals surface area (Å²) in [7, 11) is -3.77. The van der Waals surface area contributed by atoms with E-state index in [9.17, 15) is 13.2 Å². The maximum absolute atomic E-state index is 13.4. The van der Waals surface area contributed by atoms with Crippen molar-refractivity contribution in [2.24, 2.45) is 0 Å². The highest BCUT2D eigenvalue weighted by molar-refractivity contribution is 7.92. The molecule has 0 bridgehead atoms. The van der Waals surface area contributed by atoms with Gasteiger partial charge in [0.05, 0.1) is 4.90 Å².